The molecule has 0 aromatic heterocycles. The first-order valence-electron chi connectivity index (χ1n) is 6.79. The third kappa shape index (κ3) is 3.26. The van der Waals surface area contributed by atoms with Crippen molar-refractivity contribution in [3.8, 4) is 5.75 Å². The van der Waals surface area contributed by atoms with E-state index in [1.807, 2.05) is 13.0 Å². The largest absolute Gasteiger partial charge is 0.485 e. The number of benzene rings is 1. The molecule has 0 atom stereocenters. The van der Waals surface area contributed by atoms with Gasteiger partial charge in [0.05, 0.1) is 11.5 Å². The van der Waals surface area contributed by atoms with Gasteiger partial charge in [-0.15, -0.1) is 0 Å². The molecule has 0 bridgehead atoms. The molecule has 108 valence electrons. The zero-order valence-electron chi connectivity index (χ0n) is 11.5. The number of hydrogen-bond acceptors (Lipinski definition) is 4. The van der Waals surface area contributed by atoms with E-state index >= 15 is 0 Å². The summed E-state index contributed by atoms with van der Waals surface area (Å²) < 4.78 is 5.47. The van der Waals surface area contributed by atoms with Gasteiger partial charge in [-0.1, -0.05) is 13.0 Å². The Morgan fingerprint density at radius 1 is 1.45 bits per heavy atom. The van der Waals surface area contributed by atoms with Gasteiger partial charge in [-0.25, -0.2) is 0 Å². The van der Waals surface area contributed by atoms with E-state index in [9.17, 15) is 14.9 Å². The van der Waals surface area contributed by atoms with Gasteiger partial charge in [-0.3, -0.25) is 14.9 Å². The molecule has 2 rings (SSSR count). The van der Waals surface area contributed by atoms with Crippen molar-refractivity contribution in [3.63, 3.8) is 0 Å². The Balaban J connectivity index is 1.98. The predicted molar refractivity (Wildman–Crippen MR) is 73.8 cm³/mol. The Kier molecular flexibility index (Phi) is 4.55. The number of likely N-dealkylation sites (tertiary alicyclic amines) is 1. The second-order valence-electron chi connectivity index (χ2n) is 4.75. The summed E-state index contributed by atoms with van der Waals surface area (Å²) >= 11 is 0. The minimum absolute atomic E-state index is 0.0166. The summed E-state index contributed by atoms with van der Waals surface area (Å²) in [4.78, 5) is 23.8. The zero-order valence-corrected chi connectivity index (χ0v) is 11.5. The first-order chi connectivity index (χ1) is 9.61. The van der Waals surface area contributed by atoms with E-state index in [2.05, 4.69) is 0 Å². The average Bonchev–Trinajstić information content (AvgIpc) is 2.84. The van der Waals surface area contributed by atoms with Crippen LogP contribution in [0.4, 0.5) is 5.69 Å². The summed E-state index contributed by atoms with van der Waals surface area (Å²) in [6.45, 7) is 3.45. The summed E-state index contributed by atoms with van der Waals surface area (Å²) in [6, 6.07) is 4.99. The summed E-state index contributed by atoms with van der Waals surface area (Å²) in [5.74, 6) is 0.392. The van der Waals surface area contributed by atoms with E-state index in [4.69, 9.17) is 4.74 Å². The minimum atomic E-state index is -0.435. The van der Waals surface area contributed by atoms with Crippen molar-refractivity contribution >= 4 is 11.6 Å². The van der Waals surface area contributed by atoms with Crippen LogP contribution in [0.25, 0.3) is 0 Å². The lowest BCUT2D eigenvalue weighted by atomic mass is 10.1. The maximum absolute atomic E-state index is 11.4. The maximum atomic E-state index is 11.4. The van der Waals surface area contributed by atoms with Crippen LogP contribution in [0.3, 0.4) is 0 Å². The molecule has 0 N–H and O–H groups in total. The van der Waals surface area contributed by atoms with Gasteiger partial charge < -0.3 is 9.64 Å². The van der Waals surface area contributed by atoms with E-state index in [0.29, 0.717) is 13.0 Å². The first kappa shape index (κ1) is 14.3. The van der Waals surface area contributed by atoms with E-state index in [-0.39, 0.29) is 24.0 Å². The highest BCUT2D eigenvalue weighted by Gasteiger charge is 2.20. The van der Waals surface area contributed by atoms with Crippen LogP contribution in [-0.2, 0) is 11.2 Å². The molecule has 1 heterocycles. The van der Waals surface area contributed by atoms with Crippen LogP contribution < -0.4 is 4.74 Å². The quantitative estimate of drug-likeness (QED) is 0.590. The van der Waals surface area contributed by atoms with Gasteiger partial charge in [0.25, 0.3) is 0 Å². The summed E-state index contributed by atoms with van der Waals surface area (Å²) in [5.41, 5.74) is 0.885. The smallest absolute Gasteiger partial charge is 0.311 e. The van der Waals surface area contributed by atoms with Crippen molar-refractivity contribution in [2.45, 2.75) is 26.2 Å². The summed E-state index contributed by atoms with van der Waals surface area (Å²) in [5, 5.41) is 11.0. The molecule has 1 fully saturated rings. The summed E-state index contributed by atoms with van der Waals surface area (Å²) in [7, 11) is 0. The molecule has 0 saturated carbocycles. The number of rotatable bonds is 6. The van der Waals surface area contributed by atoms with Crippen molar-refractivity contribution in [2.75, 3.05) is 19.7 Å². The number of nitro benzene ring substituents is 1. The first-order valence-corrected chi connectivity index (χ1v) is 6.79. The highest BCUT2D eigenvalue weighted by molar-refractivity contribution is 5.78. The molecule has 6 heteroatoms. The van der Waals surface area contributed by atoms with Crippen LogP contribution >= 0.6 is 0 Å². The Labute approximate surface area is 117 Å². The number of ether oxygens (including phenoxy) is 1. The fourth-order valence-electron chi connectivity index (χ4n) is 2.25. The number of hydrogen-bond donors (Lipinski definition) is 0. The molecule has 0 spiro atoms. The number of carbonyl (C=O) groups is 1. The van der Waals surface area contributed by atoms with Gasteiger partial charge in [-0.05, 0) is 24.5 Å². The van der Waals surface area contributed by atoms with Gasteiger partial charge in [-0.2, -0.15) is 0 Å². The maximum Gasteiger partial charge on any atom is 0.311 e. The van der Waals surface area contributed by atoms with E-state index in [1.165, 1.54) is 6.07 Å². The van der Waals surface area contributed by atoms with Crippen molar-refractivity contribution in [3.05, 3.63) is 33.9 Å². The van der Waals surface area contributed by atoms with Crippen LogP contribution in [0.2, 0.25) is 0 Å². The van der Waals surface area contributed by atoms with Crippen LogP contribution in [0, 0.1) is 10.1 Å². The number of carbonyl (C=O) groups excluding carboxylic acids is 1. The minimum Gasteiger partial charge on any atom is -0.485 e. The second kappa shape index (κ2) is 6.36. The average molecular weight is 278 g/mol. The Morgan fingerprint density at radius 3 is 2.85 bits per heavy atom. The number of amides is 1. The molecular weight excluding hydrogens is 260 g/mol. The lowest BCUT2D eigenvalue weighted by molar-refractivity contribution is -0.385. The fraction of sp³-hybridized carbons (Fsp3) is 0.500. The van der Waals surface area contributed by atoms with Gasteiger partial charge in [0.2, 0.25) is 5.91 Å². The van der Waals surface area contributed by atoms with Gasteiger partial charge in [0, 0.05) is 19.0 Å². The highest BCUT2D eigenvalue weighted by atomic mass is 16.6. The molecule has 1 aliphatic rings. The molecule has 0 radical (unpaired) electrons. The molecule has 0 unspecified atom stereocenters. The number of nitro groups is 1. The topological polar surface area (TPSA) is 72.7 Å². The van der Waals surface area contributed by atoms with Gasteiger partial charge in [0.1, 0.15) is 6.61 Å². The van der Waals surface area contributed by atoms with Crippen LogP contribution in [0.1, 0.15) is 25.3 Å². The van der Waals surface area contributed by atoms with E-state index < -0.39 is 4.92 Å². The van der Waals surface area contributed by atoms with Crippen molar-refractivity contribution in [2.24, 2.45) is 0 Å². The molecule has 1 aromatic carbocycles. The standard InChI is InChI=1S/C14H18N2O4/c1-2-11-5-6-13(12(10-11)16(18)19)20-9-8-15-7-3-4-14(15)17/h5-6,10H,2-4,7-9H2,1H3. The van der Waals surface area contributed by atoms with E-state index in [0.717, 1.165) is 24.9 Å². The molecule has 0 aliphatic carbocycles. The van der Waals surface area contributed by atoms with Crippen molar-refractivity contribution in [1.82, 2.24) is 4.90 Å². The summed E-state index contributed by atoms with van der Waals surface area (Å²) in [6.07, 6.45) is 2.21. The van der Waals surface area contributed by atoms with Crippen molar-refractivity contribution < 1.29 is 14.5 Å². The molecule has 1 saturated heterocycles. The molecule has 1 amide bonds. The van der Waals surface area contributed by atoms with E-state index in [1.54, 1.807) is 11.0 Å². The molecular formula is C14H18N2O4. The Hall–Kier alpha value is -2.11. The zero-order chi connectivity index (χ0) is 14.5. The van der Waals surface area contributed by atoms with Crippen LogP contribution in [0.15, 0.2) is 18.2 Å². The van der Waals surface area contributed by atoms with Crippen LogP contribution in [-0.4, -0.2) is 35.4 Å². The van der Waals surface area contributed by atoms with Crippen molar-refractivity contribution in [1.29, 1.82) is 0 Å². The molecule has 1 aromatic rings. The Bertz CT molecular complexity index is 516. The normalized spacial score (nSPS) is 14.7. The van der Waals surface area contributed by atoms with Crippen LogP contribution in [0.5, 0.6) is 5.75 Å². The number of aryl methyl sites for hydroxylation is 1. The molecule has 6 nitrogen and oxygen atoms in total. The SMILES string of the molecule is CCc1ccc(OCCN2CCCC2=O)c([N+](=O)[O-])c1. The third-order valence-electron chi connectivity index (χ3n) is 3.42. The molecule has 1 aliphatic heterocycles. The predicted octanol–water partition coefficient (Wildman–Crippen LogP) is 2.16. The van der Waals surface area contributed by atoms with Gasteiger partial charge in [0.15, 0.2) is 5.75 Å². The molecule has 20 heavy (non-hydrogen) atoms. The number of nitrogens with zero attached hydrogens (tertiary/aromatic N) is 2. The lowest BCUT2D eigenvalue weighted by Gasteiger charge is -2.15. The van der Waals surface area contributed by atoms with Gasteiger partial charge >= 0.3 is 5.69 Å². The Morgan fingerprint density at radius 2 is 2.25 bits per heavy atom. The highest BCUT2D eigenvalue weighted by Crippen LogP contribution is 2.28. The lowest BCUT2D eigenvalue weighted by Crippen LogP contribution is -2.29. The monoisotopic (exact) mass is 278 g/mol. The third-order valence-corrected chi connectivity index (χ3v) is 3.42. The second-order valence-corrected chi connectivity index (χ2v) is 4.75. The fourth-order valence-corrected chi connectivity index (χ4v) is 2.25.